The molecule has 2 fully saturated rings. The zero-order valence-corrected chi connectivity index (χ0v) is 33.6. The molecule has 4 aromatic carbocycles. The molecule has 292 valence electrons. The van der Waals surface area contributed by atoms with Crippen molar-refractivity contribution in [2.75, 3.05) is 43.8 Å². The van der Waals surface area contributed by atoms with E-state index in [0.29, 0.717) is 29.4 Å². The van der Waals surface area contributed by atoms with Crippen LogP contribution in [0, 0.1) is 5.92 Å². The summed E-state index contributed by atoms with van der Waals surface area (Å²) in [5.74, 6) is 1.22. The lowest BCUT2D eigenvalue weighted by Gasteiger charge is -2.37. The van der Waals surface area contributed by atoms with Gasteiger partial charge in [-0.05, 0) is 78.5 Å². The van der Waals surface area contributed by atoms with Crippen molar-refractivity contribution in [1.82, 2.24) is 4.90 Å². The summed E-state index contributed by atoms with van der Waals surface area (Å²) in [6, 6.07) is 28.7. The first-order chi connectivity index (χ1) is 27.0. The van der Waals surface area contributed by atoms with Gasteiger partial charge in [-0.15, -0.1) is 0 Å². The van der Waals surface area contributed by atoms with Gasteiger partial charge in [-0.25, -0.2) is 0 Å². The van der Waals surface area contributed by atoms with E-state index in [1.807, 2.05) is 78.9 Å². The van der Waals surface area contributed by atoms with Gasteiger partial charge in [-0.2, -0.15) is 0 Å². The number of hydrogen-bond acceptors (Lipinski definition) is 8. The van der Waals surface area contributed by atoms with Gasteiger partial charge < -0.3 is 33.9 Å². The minimum Gasteiger partial charge on any atom is -0.497 e. The van der Waals surface area contributed by atoms with Crippen LogP contribution < -0.4 is 29.2 Å². The number of nitrogens with zero attached hydrogens (tertiary/aromatic N) is 3. The molecule has 1 N–H and O–H groups in total. The summed E-state index contributed by atoms with van der Waals surface area (Å²) in [6.07, 6.45) is 1.13. The van der Waals surface area contributed by atoms with Gasteiger partial charge in [0.15, 0.2) is 12.2 Å². The van der Waals surface area contributed by atoms with Crippen LogP contribution in [0.2, 0.25) is 18.6 Å². The number of para-hydroxylation sites is 2. The molecule has 4 aliphatic rings. The van der Waals surface area contributed by atoms with Crippen molar-refractivity contribution in [3.8, 4) is 17.2 Å². The van der Waals surface area contributed by atoms with E-state index in [2.05, 4.69) is 32.2 Å². The molecule has 4 heterocycles. The maximum atomic E-state index is 15.4. The second-order valence-corrected chi connectivity index (χ2v) is 20.5. The lowest BCUT2D eigenvalue weighted by molar-refractivity contribution is -0.150. The summed E-state index contributed by atoms with van der Waals surface area (Å²) in [6.45, 7) is 7.36. The fraction of sp³-hybridized carbons (Fsp3) is 0.386. The van der Waals surface area contributed by atoms with Crippen molar-refractivity contribution in [1.29, 1.82) is 0 Å². The van der Waals surface area contributed by atoms with Crippen LogP contribution in [-0.2, 0) is 31.3 Å². The number of anilines is 3. The Morgan fingerprint density at radius 3 is 2.43 bits per heavy atom. The standard InChI is InChI=1S/C44H49N3O8Si/c1-28-42(56(4,5)34-18-15-32(52-2)16-19-34)39(24-40(49)45-21-9-12-31(45)26-48)55-44(28)35-23-33(53-3)17-20-36(35)46(43(44)51)25-29-10-8-11-30(22-29)47-37-13-6-7-14-38(37)54-27-41(47)50/h6-8,10-11,13-20,22-23,28,31,39,42,48H,9,12,21,24-27H2,1-5H3/t28-,31-,39+,42-,44+/m0/s1. The zero-order chi connectivity index (χ0) is 39.4. The molecule has 0 aliphatic carbocycles. The molecule has 0 aromatic heterocycles. The second kappa shape index (κ2) is 14.7. The summed E-state index contributed by atoms with van der Waals surface area (Å²) in [5, 5.41) is 11.3. The van der Waals surface area contributed by atoms with Gasteiger partial charge in [-0.1, -0.05) is 61.6 Å². The molecule has 0 bridgehead atoms. The number of carbonyl (C=O) groups excluding carboxylic acids is 3. The predicted octanol–water partition coefficient (Wildman–Crippen LogP) is 5.90. The topological polar surface area (TPSA) is 118 Å². The molecular weight excluding hydrogens is 727 g/mol. The van der Waals surface area contributed by atoms with Gasteiger partial charge in [0, 0.05) is 23.7 Å². The van der Waals surface area contributed by atoms with Crippen LogP contribution in [0.15, 0.2) is 91.0 Å². The first-order valence-electron chi connectivity index (χ1n) is 19.4. The van der Waals surface area contributed by atoms with Crippen LogP contribution in [0.1, 0.15) is 37.3 Å². The average molecular weight is 776 g/mol. The van der Waals surface area contributed by atoms with Crippen LogP contribution in [0.3, 0.4) is 0 Å². The van der Waals surface area contributed by atoms with Crippen LogP contribution in [0.25, 0.3) is 0 Å². The first-order valence-corrected chi connectivity index (χ1v) is 22.5. The molecule has 3 amide bonds. The number of aliphatic hydroxyl groups is 1. The average Bonchev–Trinajstić information content (AvgIpc) is 3.88. The highest BCUT2D eigenvalue weighted by Gasteiger charge is 2.66. The highest BCUT2D eigenvalue weighted by atomic mass is 28.3. The highest BCUT2D eigenvalue weighted by molar-refractivity contribution is 6.91. The molecule has 11 nitrogen and oxygen atoms in total. The number of aliphatic hydroxyl groups excluding tert-OH is 1. The van der Waals surface area contributed by atoms with E-state index in [9.17, 15) is 14.7 Å². The zero-order valence-electron chi connectivity index (χ0n) is 32.6. The third-order valence-corrected chi connectivity index (χ3v) is 16.9. The third-order valence-electron chi connectivity index (χ3n) is 12.5. The van der Waals surface area contributed by atoms with E-state index in [1.165, 1.54) is 5.19 Å². The number of ether oxygens (including phenoxy) is 4. The fourth-order valence-corrected chi connectivity index (χ4v) is 13.8. The van der Waals surface area contributed by atoms with Gasteiger partial charge in [0.25, 0.3) is 11.8 Å². The second-order valence-electron chi connectivity index (χ2n) is 15.9. The summed E-state index contributed by atoms with van der Waals surface area (Å²) >= 11 is 0. The lowest BCUT2D eigenvalue weighted by atomic mass is 9.82. The molecule has 8 rings (SSSR count). The number of amides is 3. The summed E-state index contributed by atoms with van der Waals surface area (Å²) in [7, 11) is 0.740. The van der Waals surface area contributed by atoms with E-state index in [0.717, 1.165) is 35.4 Å². The minimum atomic E-state index is -2.51. The van der Waals surface area contributed by atoms with Crippen LogP contribution >= 0.6 is 0 Å². The largest absolute Gasteiger partial charge is 0.497 e. The maximum absolute atomic E-state index is 15.4. The maximum Gasteiger partial charge on any atom is 0.269 e. The number of rotatable bonds is 10. The third kappa shape index (κ3) is 6.14. The molecule has 4 aliphatic heterocycles. The summed E-state index contributed by atoms with van der Waals surface area (Å²) < 4.78 is 24.2. The predicted molar refractivity (Wildman–Crippen MR) is 216 cm³/mol. The number of fused-ring (bicyclic) bond motifs is 3. The van der Waals surface area contributed by atoms with Crippen LogP contribution in [0.4, 0.5) is 17.1 Å². The molecule has 0 saturated carbocycles. The van der Waals surface area contributed by atoms with Gasteiger partial charge in [-0.3, -0.25) is 19.3 Å². The first kappa shape index (κ1) is 37.7. The molecule has 12 heteroatoms. The number of carbonyl (C=O) groups is 3. The van der Waals surface area contributed by atoms with Gasteiger partial charge in [0.05, 0.1) is 65.4 Å². The van der Waals surface area contributed by atoms with Crippen molar-refractivity contribution in [2.24, 2.45) is 5.92 Å². The SMILES string of the molecule is COc1ccc([Si](C)(C)[C@@H]2[C@@H](CC(=O)N3CCC[C@H]3CO)O[C@]3(C(=O)N(Cc4cccc(N5C(=O)COc6ccccc65)c4)c4ccc(OC)cc43)[C@H]2C)cc1. The summed E-state index contributed by atoms with van der Waals surface area (Å²) in [4.78, 5) is 48.1. The number of likely N-dealkylation sites (tertiary alicyclic amines) is 1. The Balaban J connectivity index is 1.19. The Morgan fingerprint density at radius 1 is 0.929 bits per heavy atom. The van der Waals surface area contributed by atoms with E-state index < -0.39 is 19.8 Å². The van der Waals surface area contributed by atoms with Gasteiger partial charge in [0.2, 0.25) is 5.91 Å². The Labute approximate surface area is 328 Å². The minimum absolute atomic E-state index is 0.0652. The van der Waals surface area contributed by atoms with E-state index in [1.54, 1.807) is 28.9 Å². The smallest absolute Gasteiger partial charge is 0.269 e. The molecule has 56 heavy (non-hydrogen) atoms. The van der Waals surface area contributed by atoms with Crippen LogP contribution in [0.5, 0.6) is 17.2 Å². The fourth-order valence-electron chi connectivity index (χ4n) is 9.78. The van der Waals surface area contributed by atoms with Gasteiger partial charge >= 0.3 is 0 Å². The molecular formula is C44H49N3O8Si. The number of methoxy groups -OCH3 is 2. The van der Waals surface area contributed by atoms with E-state index >= 15 is 4.79 Å². The Kier molecular flexibility index (Phi) is 9.92. The van der Waals surface area contributed by atoms with Crippen molar-refractivity contribution in [3.63, 3.8) is 0 Å². The Bertz CT molecular complexity index is 2160. The monoisotopic (exact) mass is 775 g/mol. The molecule has 1 spiro atoms. The molecule has 2 saturated heterocycles. The van der Waals surface area contributed by atoms with E-state index in [-0.39, 0.29) is 61.4 Å². The van der Waals surface area contributed by atoms with E-state index in [4.69, 9.17) is 18.9 Å². The van der Waals surface area contributed by atoms with Crippen molar-refractivity contribution >= 4 is 48.0 Å². The molecule has 0 unspecified atom stereocenters. The molecule has 5 atom stereocenters. The normalized spacial score (nSPS) is 24.4. The molecule has 0 radical (unpaired) electrons. The van der Waals surface area contributed by atoms with Gasteiger partial charge in [0.1, 0.15) is 17.2 Å². The Morgan fingerprint density at radius 2 is 1.68 bits per heavy atom. The number of hydrogen-bond donors (Lipinski definition) is 1. The van der Waals surface area contributed by atoms with Crippen molar-refractivity contribution < 1.29 is 38.4 Å². The summed E-state index contributed by atoms with van der Waals surface area (Å²) in [5.41, 5.74) is 2.07. The Hall–Kier alpha value is -5.17. The van der Waals surface area contributed by atoms with Crippen molar-refractivity contribution in [3.05, 3.63) is 102 Å². The lowest BCUT2D eigenvalue weighted by Crippen LogP contribution is -2.52. The van der Waals surface area contributed by atoms with Crippen LogP contribution in [-0.4, -0.2) is 81.9 Å². The number of benzene rings is 4. The molecule has 4 aromatic rings. The highest BCUT2D eigenvalue weighted by Crippen LogP contribution is 2.60. The van der Waals surface area contributed by atoms with Crippen molar-refractivity contribution in [2.45, 2.75) is 69.1 Å². The quantitative estimate of drug-likeness (QED) is 0.198.